The Morgan fingerprint density at radius 2 is 1.78 bits per heavy atom. The van der Waals surface area contributed by atoms with Crippen LogP contribution in [-0.2, 0) is 15.5 Å². The van der Waals surface area contributed by atoms with Crippen molar-refractivity contribution in [2.45, 2.75) is 65.7 Å². The van der Waals surface area contributed by atoms with Gasteiger partial charge in [0.25, 0.3) is 5.91 Å². The third-order valence-electron chi connectivity index (χ3n) is 5.38. The molecular formula is C29H41N2O4PS. The number of nitrogens with zero attached hydrogens (tertiary/aromatic N) is 2. The van der Waals surface area contributed by atoms with E-state index in [1.807, 2.05) is 87.7 Å². The summed E-state index contributed by atoms with van der Waals surface area (Å²) in [6.45, 7) is 3.62. The third kappa shape index (κ3) is 12.2. The summed E-state index contributed by atoms with van der Waals surface area (Å²) in [6.07, 6.45) is 12.4. The molecule has 0 aliphatic rings. The molecule has 2 aromatic carbocycles. The van der Waals surface area contributed by atoms with E-state index in [1.165, 1.54) is 16.9 Å². The number of unbranched alkanes of at least 4 members (excludes halogenated alkanes) is 3. The molecule has 0 saturated carbocycles. The largest absolute Gasteiger partial charge is 0.440 e. The molecular weight excluding hydrogens is 503 g/mol. The molecule has 1 unspecified atom stereocenters. The molecule has 2 rings (SSSR count). The molecule has 0 aliphatic carbocycles. The van der Waals surface area contributed by atoms with Crippen LogP contribution in [0.25, 0.3) is 0 Å². The quantitative estimate of drug-likeness (QED) is 0.0618. The van der Waals surface area contributed by atoms with Gasteiger partial charge >= 0.3 is 6.80 Å². The Morgan fingerprint density at radius 1 is 1.03 bits per heavy atom. The molecule has 1 amide bonds. The number of hydrazone groups is 1. The predicted molar refractivity (Wildman–Crippen MR) is 157 cm³/mol. The average Bonchev–Trinajstić information content (AvgIpc) is 2.91. The maximum absolute atomic E-state index is 12.9. The Morgan fingerprint density at radius 3 is 2.46 bits per heavy atom. The van der Waals surface area contributed by atoms with Gasteiger partial charge in [-0.05, 0) is 100 Å². The van der Waals surface area contributed by atoms with Crippen molar-refractivity contribution in [1.82, 2.24) is 5.01 Å². The van der Waals surface area contributed by atoms with Crippen LogP contribution < -0.4 is 4.52 Å². The summed E-state index contributed by atoms with van der Waals surface area (Å²) in [5.41, 5.74) is 1.85. The van der Waals surface area contributed by atoms with Gasteiger partial charge in [0.1, 0.15) is 5.75 Å². The standard InChI is InChI=1S/C29H41N2O4PS/c1-4-7-8-15-24-31(29(32)27-17-12-9-13-18-27)30-23-14-10-11-16-26-19-21-28(22-20-26)35-36(33,34-6-3)37-25-5-2/h4,7,9,12-13,17-23H,5-6,8,10-11,14-16,24-25H2,1-3H3. The fourth-order valence-electron chi connectivity index (χ4n) is 3.49. The molecule has 0 spiro atoms. The maximum Gasteiger partial charge on any atom is 0.440 e. The van der Waals surface area contributed by atoms with E-state index in [4.69, 9.17) is 9.05 Å². The van der Waals surface area contributed by atoms with E-state index in [0.717, 1.165) is 50.7 Å². The van der Waals surface area contributed by atoms with Crippen LogP contribution in [0.5, 0.6) is 5.75 Å². The van der Waals surface area contributed by atoms with E-state index in [9.17, 15) is 9.36 Å². The first kappa shape index (κ1) is 30.9. The molecule has 6 nitrogen and oxygen atoms in total. The van der Waals surface area contributed by atoms with Crippen molar-refractivity contribution in [3.05, 3.63) is 77.9 Å². The van der Waals surface area contributed by atoms with Crippen molar-refractivity contribution in [3.8, 4) is 5.75 Å². The smallest absolute Gasteiger partial charge is 0.417 e. The van der Waals surface area contributed by atoms with Gasteiger partial charge in [-0.25, -0.2) is 9.57 Å². The molecule has 2 aromatic rings. The number of benzene rings is 2. The number of hydrogen-bond acceptors (Lipinski definition) is 6. The molecule has 0 aromatic heterocycles. The lowest BCUT2D eigenvalue weighted by Crippen LogP contribution is -2.27. The highest BCUT2D eigenvalue weighted by molar-refractivity contribution is 8.55. The zero-order chi connectivity index (χ0) is 26.8. The topological polar surface area (TPSA) is 68.2 Å². The summed E-state index contributed by atoms with van der Waals surface area (Å²) in [5.74, 6) is 1.23. The number of aryl methyl sites for hydroxylation is 1. The van der Waals surface area contributed by atoms with Crippen LogP contribution in [0, 0.1) is 0 Å². The molecule has 0 fully saturated rings. The van der Waals surface area contributed by atoms with Gasteiger partial charge in [0.05, 0.1) is 6.61 Å². The Balaban J connectivity index is 1.81. The lowest BCUT2D eigenvalue weighted by atomic mass is 10.1. The van der Waals surface area contributed by atoms with Crippen molar-refractivity contribution in [2.75, 3.05) is 18.9 Å². The molecule has 202 valence electrons. The minimum Gasteiger partial charge on any atom is -0.417 e. The zero-order valence-corrected chi connectivity index (χ0v) is 24.1. The predicted octanol–water partition coefficient (Wildman–Crippen LogP) is 8.55. The number of hydrogen-bond donors (Lipinski definition) is 0. The molecule has 0 N–H and O–H groups in total. The first-order chi connectivity index (χ1) is 18.0. The first-order valence-electron chi connectivity index (χ1n) is 13.2. The maximum atomic E-state index is 12.9. The van der Waals surface area contributed by atoms with E-state index < -0.39 is 6.80 Å². The van der Waals surface area contributed by atoms with Gasteiger partial charge < -0.3 is 4.52 Å². The van der Waals surface area contributed by atoms with Crippen LogP contribution in [-0.4, -0.2) is 36.0 Å². The monoisotopic (exact) mass is 544 g/mol. The van der Waals surface area contributed by atoms with Gasteiger partial charge in [-0.2, -0.15) is 5.10 Å². The normalized spacial score (nSPS) is 13.2. The Labute approximate surface area is 226 Å². The van der Waals surface area contributed by atoms with Gasteiger partial charge in [-0.1, -0.05) is 49.4 Å². The van der Waals surface area contributed by atoms with Crippen LogP contribution in [0.4, 0.5) is 0 Å². The van der Waals surface area contributed by atoms with E-state index in [1.54, 1.807) is 5.01 Å². The van der Waals surface area contributed by atoms with E-state index >= 15 is 0 Å². The van der Waals surface area contributed by atoms with Crippen LogP contribution in [0.15, 0.2) is 71.9 Å². The summed E-state index contributed by atoms with van der Waals surface area (Å²) in [4.78, 5) is 12.9. The number of allylic oxidation sites excluding steroid dienone is 2. The van der Waals surface area contributed by atoms with Crippen molar-refractivity contribution in [3.63, 3.8) is 0 Å². The molecule has 0 radical (unpaired) electrons. The highest BCUT2D eigenvalue weighted by Gasteiger charge is 2.26. The second kappa shape index (κ2) is 18.0. The summed E-state index contributed by atoms with van der Waals surface area (Å²) >= 11 is 1.25. The SMILES string of the molecule is CC=CCCCN(N=CCCCCc1ccc(OP(=O)(OCC)SCCC)cc1)C(=O)c1ccccc1. The molecule has 0 saturated heterocycles. The summed E-state index contributed by atoms with van der Waals surface area (Å²) in [6, 6.07) is 17.0. The van der Waals surface area contributed by atoms with Crippen LogP contribution >= 0.6 is 18.2 Å². The van der Waals surface area contributed by atoms with Gasteiger partial charge in [0, 0.05) is 24.1 Å². The van der Waals surface area contributed by atoms with Crippen molar-refractivity contribution < 1.29 is 18.4 Å². The Kier molecular flexibility index (Phi) is 15.0. The fraction of sp³-hybridized carbons (Fsp3) is 0.448. The van der Waals surface area contributed by atoms with Crippen molar-refractivity contribution in [2.24, 2.45) is 5.10 Å². The van der Waals surface area contributed by atoms with Crippen molar-refractivity contribution >= 4 is 30.3 Å². The minimum atomic E-state index is -3.18. The highest BCUT2D eigenvalue weighted by Crippen LogP contribution is 2.60. The number of amides is 1. The summed E-state index contributed by atoms with van der Waals surface area (Å²) in [7, 11) is 0. The molecule has 0 aliphatic heterocycles. The van der Waals surface area contributed by atoms with Crippen LogP contribution in [0.2, 0.25) is 0 Å². The summed E-state index contributed by atoms with van der Waals surface area (Å²) < 4.78 is 24.0. The van der Waals surface area contributed by atoms with Crippen molar-refractivity contribution in [1.29, 1.82) is 0 Å². The second-order valence-corrected chi connectivity index (χ2v) is 12.6. The first-order valence-corrected chi connectivity index (χ1v) is 16.3. The highest BCUT2D eigenvalue weighted by atomic mass is 32.7. The Hall–Kier alpha value is -2.34. The van der Waals surface area contributed by atoms with Gasteiger partial charge in [0.2, 0.25) is 0 Å². The molecule has 0 bridgehead atoms. The average molecular weight is 545 g/mol. The number of carbonyl (C=O) groups is 1. The Bertz CT molecular complexity index is 1010. The van der Waals surface area contributed by atoms with Gasteiger partial charge in [-0.15, -0.1) is 0 Å². The minimum absolute atomic E-state index is 0.0679. The molecule has 37 heavy (non-hydrogen) atoms. The fourth-order valence-corrected chi connectivity index (χ4v) is 6.94. The molecule has 0 heterocycles. The van der Waals surface area contributed by atoms with Gasteiger partial charge in [-0.3, -0.25) is 9.32 Å². The second-order valence-electron chi connectivity index (χ2n) is 8.48. The number of rotatable bonds is 18. The van der Waals surface area contributed by atoms with Crippen LogP contribution in [0.1, 0.15) is 75.2 Å². The molecule has 8 heteroatoms. The third-order valence-corrected chi connectivity index (χ3v) is 9.33. The zero-order valence-electron chi connectivity index (χ0n) is 22.4. The van der Waals surface area contributed by atoms with E-state index in [2.05, 4.69) is 11.2 Å². The van der Waals surface area contributed by atoms with Crippen LogP contribution in [0.3, 0.4) is 0 Å². The lowest BCUT2D eigenvalue weighted by Gasteiger charge is -2.17. The van der Waals surface area contributed by atoms with E-state index in [-0.39, 0.29) is 5.91 Å². The molecule has 1 atom stereocenters. The number of carbonyl (C=O) groups excluding carboxylic acids is 1. The summed E-state index contributed by atoms with van der Waals surface area (Å²) in [5, 5.41) is 6.08. The van der Waals surface area contributed by atoms with E-state index in [0.29, 0.717) is 24.5 Å². The lowest BCUT2D eigenvalue weighted by molar-refractivity contribution is 0.0759. The van der Waals surface area contributed by atoms with Gasteiger partial charge in [0.15, 0.2) is 0 Å².